The molecule has 0 aromatic rings. The largest absolute Gasteiger partial charge is 0.380 e. The molecular formula is C10H22N2O. The fourth-order valence-electron chi connectivity index (χ4n) is 1.37. The van der Waals surface area contributed by atoms with E-state index in [4.69, 9.17) is 4.74 Å². The topological polar surface area (TPSA) is 24.5 Å². The molecular weight excluding hydrogens is 164 g/mol. The number of rotatable bonds is 6. The van der Waals surface area contributed by atoms with Crippen molar-refractivity contribution in [2.24, 2.45) is 5.41 Å². The second kappa shape index (κ2) is 4.94. The van der Waals surface area contributed by atoms with E-state index in [-0.39, 0.29) is 0 Å². The van der Waals surface area contributed by atoms with E-state index in [2.05, 4.69) is 31.1 Å². The van der Waals surface area contributed by atoms with Crippen LogP contribution in [0.25, 0.3) is 0 Å². The Morgan fingerprint density at radius 3 is 2.62 bits per heavy atom. The maximum atomic E-state index is 5.19. The highest BCUT2D eigenvalue weighted by molar-refractivity contribution is 4.82. The normalized spacial score (nSPS) is 20.3. The summed E-state index contributed by atoms with van der Waals surface area (Å²) in [6.45, 7) is 10.7. The minimum absolute atomic E-state index is 0.408. The first kappa shape index (κ1) is 11.0. The van der Waals surface area contributed by atoms with Crippen LogP contribution in [0.15, 0.2) is 0 Å². The molecule has 1 rings (SSSR count). The molecule has 1 N–H and O–H groups in total. The zero-order chi connectivity index (χ0) is 9.73. The van der Waals surface area contributed by atoms with Crippen LogP contribution in [0.3, 0.4) is 0 Å². The van der Waals surface area contributed by atoms with Crippen molar-refractivity contribution in [3.63, 3.8) is 0 Å². The number of hydrogen-bond acceptors (Lipinski definition) is 3. The van der Waals surface area contributed by atoms with E-state index in [1.807, 2.05) is 0 Å². The zero-order valence-electron chi connectivity index (χ0n) is 9.10. The van der Waals surface area contributed by atoms with Crippen molar-refractivity contribution in [1.29, 1.82) is 0 Å². The van der Waals surface area contributed by atoms with Crippen LogP contribution in [0, 0.1) is 5.41 Å². The molecule has 1 fully saturated rings. The van der Waals surface area contributed by atoms with Crippen LogP contribution in [0.5, 0.6) is 0 Å². The van der Waals surface area contributed by atoms with Crippen molar-refractivity contribution in [2.45, 2.75) is 13.8 Å². The third-order valence-corrected chi connectivity index (χ3v) is 2.66. The lowest BCUT2D eigenvalue weighted by Gasteiger charge is -2.38. The number of ether oxygens (including phenoxy) is 1. The average Bonchev–Trinajstić information content (AvgIpc) is 2.09. The summed E-state index contributed by atoms with van der Waals surface area (Å²) in [5, 5.41) is 3.47. The van der Waals surface area contributed by atoms with Gasteiger partial charge in [-0.25, -0.2) is 0 Å². The van der Waals surface area contributed by atoms with Crippen molar-refractivity contribution in [3.8, 4) is 0 Å². The number of hydrogen-bond donors (Lipinski definition) is 1. The van der Waals surface area contributed by atoms with Crippen LogP contribution >= 0.6 is 0 Å². The SMILES string of the molecule is CCN(C)CCNCC1(C)COC1. The summed E-state index contributed by atoms with van der Waals surface area (Å²) in [5.41, 5.74) is 0.408. The lowest BCUT2D eigenvalue weighted by molar-refractivity contribution is -0.0989. The minimum atomic E-state index is 0.408. The molecule has 1 aliphatic rings. The van der Waals surface area contributed by atoms with E-state index < -0.39 is 0 Å². The first-order valence-corrected chi connectivity index (χ1v) is 5.13. The molecule has 0 unspecified atom stereocenters. The molecule has 0 spiro atoms. The molecule has 0 amide bonds. The molecule has 0 radical (unpaired) electrons. The Morgan fingerprint density at radius 1 is 1.46 bits per heavy atom. The fourth-order valence-corrected chi connectivity index (χ4v) is 1.37. The second-order valence-electron chi connectivity index (χ2n) is 4.38. The van der Waals surface area contributed by atoms with E-state index >= 15 is 0 Å². The molecule has 0 aromatic heterocycles. The third-order valence-electron chi connectivity index (χ3n) is 2.66. The van der Waals surface area contributed by atoms with E-state index in [0.29, 0.717) is 5.41 Å². The van der Waals surface area contributed by atoms with Gasteiger partial charge in [0.2, 0.25) is 0 Å². The van der Waals surface area contributed by atoms with Crippen molar-refractivity contribution in [3.05, 3.63) is 0 Å². The van der Waals surface area contributed by atoms with E-state index in [1.165, 1.54) is 0 Å². The Kier molecular flexibility index (Phi) is 4.16. The van der Waals surface area contributed by atoms with Crippen molar-refractivity contribution in [2.75, 3.05) is 46.4 Å². The molecule has 0 bridgehead atoms. The quantitative estimate of drug-likeness (QED) is 0.614. The maximum Gasteiger partial charge on any atom is 0.0554 e. The zero-order valence-corrected chi connectivity index (χ0v) is 9.10. The number of likely N-dealkylation sites (N-methyl/N-ethyl adjacent to an activating group) is 1. The Bertz CT molecular complexity index is 146. The Labute approximate surface area is 81.4 Å². The predicted octanol–water partition coefficient (Wildman–Crippen LogP) is 0.564. The van der Waals surface area contributed by atoms with Crippen LogP contribution in [0.1, 0.15) is 13.8 Å². The summed E-state index contributed by atoms with van der Waals surface area (Å²) >= 11 is 0. The standard InChI is InChI=1S/C10H22N2O/c1-4-12(3)6-5-11-7-10(2)8-13-9-10/h11H,4-9H2,1-3H3. The van der Waals surface area contributed by atoms with Gasteiger partial charge in [0, 0.05) is 25.0 Å². The van der Waals surface area contributed by atoms with E-state index in [1.54, 1.807) is 0 Å². The van der Waals surface area contributed by atoms with Crippen molar-refractivity contribution >= 4 is 0 Å². The smallest absolute Gasteiger partial charge is 0.0554 e. The molecule has 0 atom stereocenters. The predicted molar refractivity (Wildman–Crippen MR) is 55.0 cm³/mol. The van der Waals surface area contributed by atoms with Crippen LogP contribution in [-0.4, -0.2) is 51.3 Å². The van der Waals surface area contributed by atoms with E-state index in [9.17, 15) is 0 Å². The summed E-state index contributed by atoms with van der Waals surface area (Å²) < 4.78 is 5.19. The molecule has 3 heteroatoms. The van der Waals surface area contributed by atoms with Gasteiger partial charge in [-0.3, -0.25) is 0 Å². The molecule has 1 heterocycles. The highest BCUT2D eigenvalue weighted by Gasteiger charge is 2.32. The monoisotopic (exact) mass is 186 g/mol. The first-order valence-electron chi connectivity index (χ1n) is 5.13. The molecule has 3 nitrogen and oxygen atoms in total. The van der Waals surface area contributed by atoms with Crippen LogP contribution < -0.4 is 5.32 Å². The van der Waals surface area contributed by atoms with Crippen LogP contribution in [-0.2, 0) is 4.74 Å². The molecule has 1 aliphatic heterocycles. The lowest BCUT2D eigenvalue weighted by Crippen LogP contribution is -2.48. The Morgan fingerprint density at radius 2 is 2.15 bits per heavy atom. The fraction of sp³-hybridized carbons (Fsp3) is 1.00. The Hall–Kier alpha value is -0.120. The molecule has 0 saturated carbocycles. The van der Waals surface area contributed by atoms with Crippen LogP contribution in [0.2, 0.25) is 0 Å². The van der Waals surface area contributed by atoms with Gasteiger partial charge in [-0.2, -0.15) is 0 Å². The maximum absolute atomic E-state index is 5.19. The highest BCUT2D eigenvalue weighted by Crippen LogP contribution is 2.24. The summed E-state index contributed by atoms with van der Waals surface area (Å²) in [5.74, 6) is 0. The Balaban J connectivity index is 1.94. The van der Waals surface area contributed by atoms with Gasteiger partial charge in [0.25, 0.3) is 0 Å². The highest BCUT2D eigenvalue weighted by atomic mass is 16.5. The average molecular weight is 186 g/mol. The lowest BCUT2D eigenvalue weighted by atomic mass is 9.89. The van der Waals surface area contributed by atoms with Gasteiger partial charge >= 0.3 is 0 Å². The van der Waals surface area contributed by atoms with Gasteiger partial charge in [-0.05, 0) is 13.6 Å². The van der Waals surface area contributed by atoms with E-state index in [0.717, 1.165) is 39.4 Å². The van der Waals surface area contributed by atoms with Gasteiger partial charge in [-0.15, -0.1) is 0 Å². The molecule has 0 aliphatic carbocycles. The van der Waals surface area contributed by atoms with Crippen LogP contribution in [0.4, 0.5) is 0 Å². The van der Waals surface area contributed by atoms with Gasteiger partial charge in [-0.1, -0.05) is 13.8 Å². The summed E-state index contributed by atoms with van der Waals surface area (Å²) in [4.78, 5) is 2.31. The van der Waals surface area contributed by atoms with Gasteiger partial charge in [0.05, 0.1) is 13.2 Å². The van der Waals surface area contributed by atoms with Crippen molar-refractivity contribution < 1.29 is 4.74 Å². The summed E-state index contributed by atoms with van der Waals surface area (Å²) in [6, 6.07) is 0. The van der Waals surface area contributed by atoms with Gasteiger partial charge in [0.15, 0.2) is 0 Å². The minimum Gasteiger partial charge on any atom is -0.380 e. The second-order valence-corrected chi connectivity index (χ2v) is 4.38. The molecule has 13 heavy (non-hydrogen) atoms. The van der Waals surface area contributed by atoms with Crippen molar-refractivity contribution in [1.82, 2.24) is 10.2 Å². The molecule has 1 saturated heterocycles. The summed E-state index contributed by atoms with van der Waals surface area (Å²) in [6.07, 6.45) is 0. The van der Waals surface area contributed by atoms with Gasteiger partial charge in [0.1, 0.15) is 0 Å². The molecule has 78 valence electrons. The van der Waals surface area contributed by atoms with Gasteiger partial charge < -0.3 is 15.0 Å². The summed E-state index contributed by atoms with van der Waals surface area (Å²) in [7, 11) is 2.15. The number of nitrogens with one attached hydrogen (secondary N) is 1. The third kappa shape index (κ3) is 3.63. The first-order chi connectivity index (χ1) is 6.16. The molecule has 0 aromatic carbocycles. The number of nitrogens with zero attached hydrogens (tertiary/aromatic N) is 1.